The summed E-state index contributed by atoms with van der Waals surface area (Å²) in [6.07, 6.45) is 13.7. The molecule has 0 aromatic carbocycles. The highest BCUT2D eigenvalue weighted by Gasteiger charge is 2.58. The Kier molecular flexibility index (Phi) is 4.45. The second-order valence-corrected chi connectivity index (χ2v) is 10.2. The van der Waals surface area contributed by atoms with Gasteiger partial charge in [0.05, 0.1) is 5.56 Å². The summed E-state index contributed by atoms with van der Waals surface area (Å²) in [4.78, 5) is 29.0. The van der Waals surface area contributed by atoms with Crippen molar-refractivity contribution in [3.05, 3.63) is 41.7 Å². The number of nitrogens with zero attached hydrogens (tertiary/aromatic N) is 1. The fraction of sp³-hybridized carbons (Fsp3) is 0.640. The summed E-state index contributed by atoms with van der Waals surface area (Å²) < 4.78 is 5.84. The third-order valence-corrected chi connectivity index (χ3v) is 8.94. The van der Waals surface area contributed by atoms with E-state index in [-0.39, 0.29) is 22.9 Å². The molecule has 1 aromatic rings. The Morgan fingerprint density at radius 1 is 1.14 bits per heavy atom. The number of pyridine rings is 1. The Morgan fingerprint density at radius 3 is 2.72 bits per heavy atom. The molecule has 3 fully saturated rings. The van der Waals surface area contributed by atoms with Crippen LogP contribution in [0.1, 0.15) is 75.6 Å². The summed E-state index contributed by atoms with van der Waals surface area (Å²) in [5.74, 6) is 2.11. The van der Waals surface area contributed by atoms with E-state index in [1.165, 1.54) is 5.57 Å². The highest BCUT2D eigenvalue weighted by molar-refractivity contribution is 5.89. The van der Waals surface area contributed by atoms with Crippen molar-refractivity contribution in [2.45, 2.75) is 71.3 Å². The molecule has 0 unspecified atom stereocenters. The van der Waals surface area contributed by atoms with Crippen molar-refractivity contribution in [2.75, 3.05) is 0 Å². The molecule has 0 bridgehead atoms. The lowest BCUT2D eigenvalue weighted by Gasteiger charge is -2.56. The van der Waals surface area contributed by atoms with Gasteiger partial charge < -0.3 is 4.74 Å². The molecular weight excluding hydrogens is 362 g/mol. The van der Waals surface area contributed by atoms with Gasteiger partial charge in [-0.05, 0) is 73.8 Å². The number of fused-ring (bicyclic) bond motifs is 5. The monoisotopic (exact) mass is 393 g/mol. The van der Waals surface area contributed by atoms with E-state index in [0.717, 1.165) is 51.4 Å². The highest BCUT2D eigenvalue weighted by Crippen LogP contribution is 2.64. The quantitative estimate of drug-likeness (QED) is 0.516. The summed E-state index contributed by atoms with van der Waals surface area (Å²) >= 11 is 0. The number of carbonyl (C=O) groups is 2. The van der Waals surface area contributed by atoms with Gasteiger partial charge in [-0.3, -0.25) is 9.78 Å². The maximum atomic E-state index is 12.6. The number of aromatic nitrogens is 1. The lowest BCUT2D eigenvalue weighted by Crippen LogP contribution is -2.50. The van der Waals surface area contributed by atoms with Crippen molar-refractivity contribution in [3.8, 4) is 0 Å². The molecule has 5 rings (SSSR count). The Hall–Kier alpha value is -1.97. The minimum Gasteiger partial charge on any atom is -0.458 e. The number of allylic oxidation sites excluding steroid dienone is 1. The largest absolute Gasteiger partial charge is 0.458 e. The van der Waals surface area contributed by atoms with Gasteiger partial charge in [-0.1, -0.05) is 25.5 Å². The summed E-state index contributed by atoms with van der Waals surface area (Å²) in [7, 11) is 0. The van der Waals surface area contributed by atoms with Crippen molar-refractivity contribution >= 4 is 11.8 Å². The molecule has 4 aliphatic rings. The maximum Gasteiger partial charge on any atom is 0.339 e. The Morgan fingerprint density at radius 2 is 1.93 bits per heavy atom. The minimum absolute atomic E-state index is 0.0412. The number of ketones is 1. The maximum absolute atomic E-state index is 12.6. The molecule has 1 aromatic heterocycles. The van der Waals surface area contributed by atoms with Gasteiger partial charge in [0.25, 0.3) is 0 Å². The molecule has 0 radical (unpaired) electrons. The third-order valence-electron chi connectivity index (χ3n) is 8.94. The molecule has 1 heterocycles. The van der Waals surface area contributed by atoms with Crippen molar-refractivity contribution in [2.24, 2.45) is 28.6 Å². The van der Waals surface area contributed by atoms with Crippen LogP contribution in [0.25, 0.3) is 0 Å². The second kappa shape index (κ2) is 6.78. The van der Waals surface area contributed by atoms with Gasteiger partial charge in [-0.25, -0.2) is 4.79 Å². The molecule has 0 spiro atoms. The molecule has 4 nitrogen and oxygen atoms in total. The van der Waals surface area contributed by atoms with Crippen LogP contribution in [0.2, 0.25) is 0 Å². The SMILES string of the molecule is C[C@]12CC[C@H](OC(=O)c3cccnc3)CC1=CC[C@H]1[C@H]2CC[C@]2(C)C(=O)CC[C@@H]12. The molecular formula is C25H31NO3. The zero-order valence-electron chi connectivity index (χ0n) is 17.5. The predicted molar refractivity (Wildman–Crippen MR) is 110 cm³/mol. The Labute approximate surface area is 173 Å². The Balaban J connectivity index is 1.33. The van der Waals surface area contributed by atoms with Crippen molar-refractivity contribution < 1.29 is 14.3 Å². The normalized spacial score (nSPS) is 41.0. The average Bonchev–Trinajstić information content (AvgIpc) is 3.03. The van der Waals surface area contributed by atoms with Gasteiger partial charge >= 0.3 is 5.97 Å². The zero-order chi connectivity index (χ0) is 20.2. The van der Waals surface area contributed by atoms with E-state index in [0.29, 0.717) is 29.1 Å². The number of esters is 1. The zero-order valence-corrected chi connectivity index (χ0v) is 17.5. The molecule has 0 aliphatic heterocycles. The summed E-state index contributed by atoms with van der Waals surface area (Å²) in [6.45, 7) is 4.67. The number of hydrogen-bond acceptors (Lipinski definition) is 4. The predicted octanol–water partition coefficient (Wildman–Crippen LogP) is 5.14. The molecule has 3 saturated carbocycles. The summed E-state index contributed by atoms with van der Waals surface area (Å²) in [6, 6.07) is 3.53. The van der Waals surface area contributed by atoms with Crippen LogP contribution in [0, 0.1) is 28.6 Å². The summed E-state index contributed by atoms with van der Waals surface area (Å²) in [5, 5.41) is 0. The van der Waals surface area contributed by atoms with Crippen molar-refractivity contribution in [1.29, 1.82) is 0 Å². The number of carbonyl (C=O) groups excluding carboxylic acids is 2. The molecule has 0 N–H and O–H groups in total. The fourth-order valence-corrected chi connectivity index (χ4v) is 7.20. The van der Waals surface area contributed by atoms with E-state index in [2.05, 4.69) is 24.9 Å². The highest BCUT2D eigenvalue weighted by atomic mass is 16.5. The first-order valence-electron chi connectivity index (χ1n) is 11.3. The van der Waals surface area contributed by atoms with Gasteiger partial charge in [0.15, 0.2) is 0 Å². The minimum atomic E-state index is -0.265. The molecule has 154 valence electrons. The third kappa shape index (κ3) is 2.90. The lowest BCUT2D eigenvalue weighted by molar-refractivity contribution is -0.132. The van der Waals surface area contributed by atoms with Crippen molar-refractivity contribution in [1.82, 2.24) is 4.98 Å². The van der Waals surface area contributed by atoms with Crippen molar-refractivity contribution in [3.63, 3.8) is 0 Å². The number of hydrogen-bond donors (Lipinski definition) is 0. The van der Waals surface area contributed by atoms with Gasteiger partial charge in [-0.2, -0.15) is 0 Å². The van der Waals surface area contributed by atoms with E-state index < -0.39 is 0 Å². The van der Waals surface area contributed by atoms with Crippen LogP contribution in [0.4, 0.5) is 0 Å². The molecule has 0 amide bonds. The molecule has 0 saturated heterocycles. The molecule has 29 heavy (non-hydrogen) atoms. The summed E-state index contributed by atoms with van der Waals surface area (Å²) in [5.41, 5.74) is 2.14. The van der Waals surface area contributed by atoms with E-state index in [1.807, 2.05) is 0 Å². The lowest BCUT2D eigenvalue weighted by atomic mass is 9.48. The number of rotatable bonds is 2. The molecule has 4 aliphatic carbocycles. The van der Waals surface area contributed by atoms with E-state index >= 15 is 0 Å². The van der Waals surface area contributed by atoms with Crippen LogP contribution < -0.4 is 0 Å². The smallest absolute Gasteiger partial charge is 0.339 e. The van der Waals surface area contributed by atoms with Crippen LogP contribution >= 0.6 is 0 Å². The van der Waals surface area contributed by atoms with Crippen LogP contribution in [0.5, 0.6) is 0 Å². The fourth-order valence-electron chi connectivity index (χ4n) is 7.20. The van der Waals surface area contributed by atoms with E-state index in [1.54, 1.807) is 24.5 Å². The van der Waals surface area contributed by atoms with Gasteiger partial charge in [0, 0.05) is 30.7 Å². The first kappa shape index (κ1) is 19.0. The van der Waals surface area contributed by atoms with Gasteiger partial charge in [0.1, 0.15) is 11.9 Å². The topological polar surface area (TPSA) is 56.3 Å². The standard InChI is InChI=1S/C25H31NO3/c1-24-11-9-18(29-23(28)16-4-3-13-26-15-16)14-17(24)5-6-19-20-7-8-22(27)25(20,2)12-10-21(19)24/h3-5,13,15,18-21H,6-12,14H2,1-2H3/t18-,19+,20-,21+,24-,25-/m0/s1. The van der Waals surface area contributed by atoms with E-state index in [9.17, 15) is 9.59 Å². The van der Waals surface area contributed by atoms with Crippen LogP contribution in [0.15, 0.2) is 36.2 Å². The average molecular weight is 394 g/mol. The second-order valence-electron chi connectivity index (χ2n) is 10.2. The molecule has 6 atom stereocenters. The Bertz CT molecular complexity index is 862. The molecule has 4 heteroatoms. The van der Waals surface area contributed by atoms with Gasteiger partial charge in [-0.15, -0.1) is 0 Å². The van der Waals surface area contributed by atoms with Crippen LogP contribution in [-0.4, -0.2) is 22.8 Å². The first-order valence-corrected chi connectivity index (χ1v) is 11.3. The van der Waals surface area contributed by atoms with Crippen LogP contribution in [0.3, 0.4) is 0 Å². The van der Waals surface area contributed by atoms with Crippen LogP contribution in [-0.2, 0) is 9.53 Å². The number of Topliss-reactive ketones (excluding diaryl/α,β-unsaturated/α-hetero) is 1. The first-order chi connectivity index (χ1) is 13.9. The number of ether oxygens (including phenoxy) is 1. The van der Waals surface area contributed by atoms with Gasteiger partial charge in [0.2, 0.25) is 0 Å². The van der Waals surface area contributed by atoms with E-state index in [4.69, 9.17) is 4.74 Å².